The maximum Gasteiger partial charge on any atom is 0.151 e. The Kier molecular flexibility index (Phi) is 6.40. The molecule has 3 unspecified atom stereocenters. The first-order valence-electron chi connectivity index (χ1n) is 5.41. The zero-order valence-electron chi connectivity index (χ0n) is 10.0. The van der Waals surface area contributed by atoms with Crippen molar-refractivity contribution < 1.29 is 13.5 Å². The molecule has 0 bridgehead atoms. The van der Waals surface area contributed by atoms with Gasteiger partial charge < -0.3 is 10.4 Å². The number of nitrogens with one attached hydrogen (secondary N) is 1. The van der Waals surface area contributed by atoms with Crippen LogP contribution in [-0.4, -0.2) is 43.2 Å². The van der Waals surface area contributed by atoms with Crippen LogP contribution in [0, 0.1) is 0 Å². The van der Waals surface area contributed by atoms with E-state index in [-0.39, 0.29) is 29.7 Å². The van der Waals surface area contributed by atoms with Crippen molar-refractivity contribution in [2.45, 2.75) is 52.3 Å². The Morgan fingerprint density at radius 2 is 1.73 bits per heavy atom. The summed E-state index contributed by atoms with van der Waals surface area (Å²) in [6.45, 7) is 7.18. The molecule has 0 aromatic heterocycles. The average molecular weight is 237 g/mol. The van der Waals surface area contributed by atoms with Crippen molar-refractivity contribution in [1.29, 1.82) is 0 Å². The van der Waals surface area contributed by atoms with Gasteiger partial charge in [-0.1, -0.05) is 6.92 Å². The molecule has 0 saturated heterocycles. The van der Waals surface area contributed by atoms with Crippen molar-refractivity contribution in [3.05, 3.63) is 0 Å². The van der Waals surface area contributed by atoms with Gasteiger partial charge in [0.05, 0.1) is 11.9 Å². The molecule has 2 N–H and O–H groups in total. The molecule has 0 saturated carbocycles. The smallest absolute Gasteiger partial charge is 0.151 e. The molecule has 0 aliphatic carbocycles. The van der Waals surface area contributed by atoms with Crippen LogP contribution in [0.3, 0.4) is 0 Å². The van der Waals surface area contributed by atoms with Gasteiger partial charge in [0, 0.05) is 17.8 Å². The maximum absolute atomic E-state index is 11.3. The zero-order chi connectivity index (χ0) is 12.1. The summed E-state index contributed by atoms with van der Waals surface area (Å²) < 4.78 is 22.6. The van der Waals surface area contributed by atoms with Crippen molar-refractivity contribution in [2.75, 3.05) is 11.5 Å². The summed E-state index contributed by atoms with van der Waals surface area (Å²) in [5.74, 6) is 0.345. The maximum atomic E-state index is 11.3. The van der Waals surface area contributed by atoms with E-state index in [0.29, 0.717) is 6.42 Å². The van der Waals surface area contributed by atoms with Gasteiger partial charge in [0.15, 0.2) is 9.84 Å². The minimum absolute atomic E-state index is 0.0660. The second-order valence-corrected chi connectivity index (χ2v) is 6.65. The van der Waals surface area contributed by atoms with Gasteiger partial charge in [-0.3, -0.25) is 0 Å². The lowest BCUT2D eigenvalue weighted by Crippen LogP contribution is -2.40. The Balaban J connectivity index is 3.98. The fourth-order valence-corrected chi connectivity index (χ4v) is 2.71. The van der Waals surface area contributed by atoms with Gasteiger partial charge in [0.2, 0.25) is 0 Å². The van der Waals surface area contributed by atoms with Gasteiger partial charge in [-0.15, -0.1) is 0 Å². The molecule has 15 heavy (non-hydrogen) atoms. The predicted octanol–water partition coefficient (Wildman–Crippen LogP) is 0.559. The third-order valence-electron chi connectivity index (χ3n) is 2.21. The molecule has 0 amide bonds. The molecule has 0 radical (unpaired) electrons. The molecule has 92 valence electrons. The standard InChI is InChI=1S/C10H23NO3S/c1-5-15(13,14)7-9(3)11-8(2)6-10(4)12/h8-12H,5-7H2,1-4H3. The highest BCUT2D eigenvalue weighted by atomic mass is 32.2. The Morgan fingerprint density at radius 3 is 2.13 bits per heavy atom. The van der Waals surface area contributed by atoms with Crippen LogP contribution in [-0.2, 0) is 9.84 Å². The van der Waals surface area contributed by atoms with Crippen molar-refractivity contribution in [3.63, 3.8) is 0 Å². The Labute approximate surface area is 93.0 Å². The molecule has 4 nitrogen and oxygen atoms in total. The quantitative estimate of drug-likeness (QED) is 0.679. The van der Waals surface area contributed by atoms with Crippen LogP contribution in [0.1, 0.15) is 34.1 Å². The summed E-state index contributed by atoms with van der Waals surface area (Å²) >= 11 is 0. The molecule has 0 aromatic carbocycles. The minimum atomic E-state index is -2.92. The van der Waals surface area contributed by atoms with E-state index < -0.39 is 9.84 Å². The normalized spacial score (nSPS) is 18.5. The molecule has 0 aliphatic rings. The van der Waals surface area contributed by atoms with Crippen molar-refractivity contribution >= 4 is 9.84 Å². The molecule has 0 aromatic rings. The largest absolute Gasteiger partial charge is 0.393 e. The molecule has 0 heterocycles. The van der Waals surface area contributed by atoms with Gasteiger partial charge in [-0.05, 0) is 27.2 Å². The number of sulfone groups is 1. The molecule has 3 atom stereocenters. The SMILES string of the molecule is CCS(=O)(=O)CC(C)NC(C)CC(C)O. The fourth-order valence-electron chi connectivity index (χ4n) is 1.61. The van der Waals surface area contributed by atoms with Crippen LogP contribution in [0.15, 0.2) is 0 Å². The number of hydrogen-bond donors (Lipinski definition) is 2. The number of aliphatic hydroxyl groups excluding tert-OH is 1. The van der Waals surface area contributed by atoms with E-state index in [9.17, 15) is 8.42 Å². The molecule has 5 heteroatoms. The van der Waals surface area contributed by atoms with Crippen molar-refractivity contribution in [3.8, 4) is 0 Å². The van der Waals surface area contributed by atoms with E-state index >= 15 is 0 Å². The molecule has 0 aliphatic heterocycles. The second-order valence-electron chi connectivity index (χ2n) is 4.25. The first kappa shape index (κ1) is 14.9. The first-order chi connectivity index (χ1) is 6.76. The molecular formula is C10H23NO3S. The van der Waals surface area contributed by atoms with Crippen LogP contribution < -0.4 is 5.32 Å². The summed E-state index contributed by atoms with van der Waals surface area (Å²) in [4.78, 5) is 0. The summed E-state index contributed by atoms with van der Waals surface area (Å²) in [5.41, 5.74) is 0. The van der Waals surface area contributed by atoms with Gasteiger partial charge in [-0.2, -0.15) is 0 Å². The van der Waals surface area contributed by atoms with E-state index in [0.717, 1.165) is 0 Å². The average Bonchev–Trinajstić information content (AvgIpc) is 2.00. The summed E-state index contributed by atoms with van der Waals surface area (Å²) in [5, 5.41) is 12.3. The number of aliphatic hydroxyl groups is 1. The van der Waals surface area contributed by atoms with Crippen LogP contribution in [0.5, 0.6) is 0 Å². The lowest BCUT2D eigenvalue weighted by Gasteiger charge is -2.20. The van der Waals surface area contributed by atoms with Crippen LogP contribution in [0.25, 0.3) is 0 Å². The highest BCUT2D eigenvalue weighted by Gasteiger charge is 2.15. The van der Waals surface area contributed by atoms with Gasteiger partial charge in [0.1, 0.15) is 0 Å². The number of rotatable bonds is 7. The Morgan fingerprint density at radius 1 is 1.20 bits per heavy atom. The fraction of sp³-hybridized carbons (Fsp3) is 1.00. The van der Waals surface area contributed by atoms with Crippen LogP contribution in [0.4, 0.5) is 0 Å². The number of hydrogen-bond acceptors (Lipinski definition) is 4. The summed E-state index contributed by atoms with van der Waals surface area (Å²) in [7, 11) is -2.92. The zero-order valence-corrected chi connectivity index (χ0v) is 10.8. The third kappa shape index (κ3) is 7.76. The van der Waals surface area contributed by atoms with E-state index in [4.69, 9.17) is 5.11 Å². The van der Waals surface area contributed by atoms with Gasteiger partial charge in [0.25, 0.3) is 0 Å². The van der Waals surface area contributed by atoms with E-state index in [1.807, 2.05) is 13.8 Å². The first-order valence-corrected chi connectivity index (χ1v) is 7.23. The van der Waals surface area contributed by atoms with E-state index in [1.54, 1.807) is 13.8 Å². The van der Waals surface area contributed by atoms with Gasteiger partial charge in [-0.25, -0.2) is 8.42 Å². The molecule has 0 spiro atoms. The van der Waals surface area contributed by atoms with Crippen molar-refractivity contribution in [1.82, 2.24) is 5.32 Å². The van der Waals surface area contributed by atoms with E-state index in [2.05, 4.69) is 5.32 Å². The Hall–Kier alpha value is -0.130. The van der Waals surface area contributed by atoms with Gasteiger partial charge >= 0.3 is 0 Å². The highest BCUT2D eigenvalue weighted by Crippen LogP contribution is 2.00. The lowest BCUT2D eigenvalue weighted by molar-refractivity contribution is 0.169. The highest BCUT2D eigenvalue weighted by molar-refractivity contribution is 7.91. The second kappa shape index (κ2) is 6.45. The Bertz CT molecular complexity index is 262. The monoisotopic (exact) mass is 237 g/mol. The van der Waals surface area contributed by atoms with E-state index in [1.165, 1.54) is 0 Å². The van der Waals surface area contributed by atoms with Crippen LogP contribution >= 0.6 is 0 Å². The molecule has 0 rings (SSSR count). The summed E-state index contributed by atoms with van der Waals surface area (Å²) in [6, 6.07) is 0.0655. The van der Waals surface area contributed by atoms with Crippen LogP contribution in [0.2, 0.25) is 0 Å². The minimum Gasteiger partial charge on any atom is -0.393 e. The third-order valence-corrected chi connectivity index (χ3v) is 4.09. The van der Waals surface area contributed by atoms with Crippen molar-refractivity contribution in [2.24, 2.45) is 0 Å². The topological polar surface area (TPSA) is 66.4 Å². The lowest BCUT2D eigenvalue weighted by atomic mass is 10.1. The molecule has 0 fully saturated rings. The predicted molar refractivity (Wildman–Crippen MR) is 62.7 cm³/mol. The molecular weight excluding hydrogens is 214 g/mol. The summed E-state index contributed by atoms with van der Waals surface area (Å²) in [6.07, 6.45) is 0.277.